The van der Waals surface area contributed by atoms with Crippen LogP contribution in [-0.2, 0) is 0 Å². The molecule has 0 aliphatic heterocycles. The Hall–Kier alpha value is -1.31. The Morgan fingerprint density at radius 2 is 2.00 bits per heavy atom. The van der Waals surface area contributed by atoms with Gasteiger partial charge in [0, 0.05) is 5.92 Å². The predicted molar refractivity (Wildman–Crippen MR) is 71.2 cm³/mol. The quantitative estimate of drug-likeness (QED) is 0.661. The molecule has 0 spiro atoms. The van der Waals surface area contributed by atoms with Crippen molar-refractivity contribution in [1.29, 1.82) is 0 Å². The summed E-state index contributed by atoms with van der Waals surface area (Å²) in [7, 11) is 0. The summed E-state index contributed by atoms with van der Waals surface area (Å²) in [4.78, 5) is 4.54. The minimum atomic E-state index is 0.430. The van der Waals surface area contributed by atoms with Crippen LogP contribution in [0.2, 0.25) is 0 Å². The number of benzene rings is 1. The number of rotatable bonds is 6. The summed E-state index contributed by atoms with van der Waals surface area (Å²) in [5.41, 5.74) is 1.88. The summed E-state index contributed by atoms with van der Waals surface area (Å²) in [6, 6.07) is 7.98. The van der Waals surface area contributed by atoms with Gasteiger partial charge in [-0.3, -0.25) is 0 Å². The molecule has 1 aromatic heterocycles. The van der Waals surface area contributed by atoms with Gasteiger partial charge in [-0.15, -0.1) is 0 Å². The number of nitrogens with zero attached hydrogens (tertiary/aromatic N) is 1. The normalized spacial score (nSPS) is 13.1. The average Bonchev–Trinajstić information content (AvgIpc) is 2.78. The van der Waals surface area contributed by atoms with Crippen LogP contribution in [0.5, 0.6) is 0 Å². The third kappa shape index (κ3) is 3.09. The van der Waals surface area contributed by atoms with Crippen LogP contribution < -0.4 is 0 Å². The van der Waals surface area contributed by atoms with Crippen molar-refractivity contribution >= 4 is 11.1 Å². The molecule has 0 aliphatic carbocycles. The molecule has 0 N–H and O–H groups in total. The van der Waals surface area contributed by atoms with E-state index in [0.29, 0.717) is 5.92 Å². The molecule has 0 radical (unpaired) electrons. The van der Waals surface area contributed by atoms with Crippen molar-refractivity contribution in [3.8, 4) is 0 Å². The van der Waals surface area contributed by atoms with Crippen LogP contribution in [0.25, 0.3) is 11.1 Å². The fraction of sp³-hybridized carbons (Fsp3) is 0.533. The van der Waals surface area contributed by atoms with Crippen molar-refractivity contribution in [2.24, 2.45) is 0 Å². The summed E-state index contributed by atoms with van der Waals surface area (Å²) in [5.74, 6) is 1.32. The van der Waals surface area contributed by atoms with Gasteiger partial charge in [0.25, 0.3) is 0 Å². The number of hydrogen-bond acceptors (Lipinski definition) is 2. The van der Waals surface area contributed by atoms with Crippen molar-refractivity contribution in [2.45, 2.75) is 51.9 Å². The first-order chi connectivity index (χ1) is 8.31. The molecule has 92 valence electrons. The highest BCUT2D eigenvalue weighted by molar-refractivity contribution is 5.72. The van der Waals surface area contributed by atoms with E-state index in [1.807, 2.05) is 24.3 Å². The molecule has 0 aliphatic rings. The maximum absolute atomic E-state index is 5.78. The van der Waals surface area contributed by atoms with Crippen LogP contribution in [0.4, 0.5) is 0 Å². The second kappa shape index (κ2) is 5.85. The maximum atomic E-state index is 5.78. The van der Waals surface area contributed by atoms with Gasteiger partial charge in [0.1, 0.15) is 5.52 Å². The number of oxazole rings is 1. The van der Waals surface area contributed by atoms with Gasteiger partial charge in [-0.2, -0.15) is 0 Å². The molecular weight excluding hydrogens is 210 g/mol. The van der Waals surface area contributed by atoms with Crippen molar-refractivity contribution in [2.75, 3.05) is 0 Å². The highest BCUT2D eigenvalue weighted by Gasteiger charge is 2.12. The van der Waals surface area contributed by atoms with E-state index in [4.69, 9.17) is 4.42 Å². The first-order valence-electron chi connectivity index (χ1n) is 6.66. The van der Waals surface area contributed by atoms with Crippen molar-refractivity contribution in [3.05, 3.63) is 30.2 Å². The van der Waals surface area contributed by atoms with E-state index in [1.54, 1.807) is 0 Å². The molecule has 2 aromatic rings. The van der Waals surface area contributed by atoms with Crippen LogP contribution in [0, 0.1) is 0 Å². The zero-order valence-electron chi connectivity index (χ0n) is 10.8. The van der Waals surface area contributed by atoms with E-state index in [9.17, 15) is 0 Å². The number of hydrogen-bond donors (Lipinski definition) is 0. The summed E-state index contributed by atoms with van der Waals surface area (Å²) in [6.07, 6.45) is 6.39. The van der Waals surface area contributed by atoms with E-state index in [-0.39, 0.29) is 0 Å². The third-order valence-corrected chi connectivity index (χ3v) is 3.22. The monoisotopic (exact) mass is 231 g/mol. The van der Waals surface area contributed by atoms with Gasteiger partial charge in [0.05, 0.1) is 0 Å². The molecule has 0 saturated heterocycles. The summed E-state index contributed by atoms with van der Waals surface area (Å²) in [5, 5.41) is 0. The molecule has 0 amide bonds. The lowest BCUT2D eigenvalue weighted by molar-refractivity contribution is 0.455. The molecule has 0 fully saturated rings. The summed E-state index contributed by atoms with van der Waals surface area (Å²) in [6.45, 7) is 4.45. The van der Waals surface area contributed by atoms with Gasteiger partial charge in [0.15, 0.2) is 11.5 Å². The Balaban J connectivity index is 1.96. The van der Waals surface area contributed by atoms with Crippen LogP contribution >= 0.6 is 0 Å². The van der Waals surface area contributed by atoms with Crippen LogP contribution in [-0.4, -0.2) is 4.98 Å². The standard InChI is InChI=1S/C15H21NO/c1-3-4-5-6-9-12(2)15-16-13-10-7-8-11-14(13)17-15/h7-8,10-12H,3-6,9H2,1-2H3. The lowest BCUT2D eigenvalue weighted by Crippen LogP contribution is -1.93. The second-order valence-electron chi connectivity index (χ2n) is 4.77. The average molecular weight is 231 g/mol. The highest BCUT2D eigenvalue weighted by atomic mass is 16.3. The fourth-order valence-corrected chi connectivity index (χ4v) is 2.10. The van der Waals surface area contributed by atoms with Gasteiger partial charge < -0.3 is 4.42 Å². The molecule has 2 rings (SSSR count). The fourth-order valence-electron chi connectivity index (χ4n) is 2.10. The van der Waals surface area contributed by atoms with Crippen molar-refractivity contribution in [3.63, 3.8) is 0 Å². The van der Waals surface area contributed by atoms with Crippen LogP contribution in [0.1, 0.15) is 57.8 Å². The second-order valence-corrected chi connectivity index (χ2v) is 4.77. The van der Waals surface area contributed by atoms with Gasteiger partial charge in [-0.25, -0.2) is 4.98 Å². The lowest BCUT2D eigenvalue weighted by Gasteiger charge is -2.05. The number of fused-ring (bicyclic) bond motifs is 1. The van der Waals surface area contributed by atoms with E-state index in [0.717, 1.165) is 17.0 Å². The Labute approximate surface area is 103 Å². The van der Waals surface area contributed by atoms with Gasteiger partial charge in [0.2, 0.25) is 0 Å². The van der Waals surface area contributed by atoms with Gasteiger partial charge in [-0.1, -0.05) is 51.7 Å². The molecule has 0 bridgehead atoms. The first-order valence-corrected chi connectivity index (χ1v) is 6.66. The minimum absolute atomic E-state index is 0.430. The molecule has 1 aromatic carbocycles. The molecule has 2 heteroatoms. The number of aromatic nitrogens is 1. The molecule has 1 atom stereocenters. The van der Waals surface area contributed by atoms with E-state index < -0.39 is 0 Å². The molecular formula is C15H21NO. The molecule has 2 nitrogen and oxygen atoms in total. The molecule has 1 unspecified atom stereocenters. The summed E-state index contributed by atoms with van der Waals surface area (Å²) < 4.78 is 5.78. The minimum Gasteiger partial charge on any atom is -0.440 e. The largest absolute Gasteiger partial charge is 0.440 e. The van der Waals surface area contributed by atoms with E-state index >= 15 is 0 Å². The Morgan fingerprint density at radius 3 is 2.76 bits per heavy atom. The Morgan fingerprint density at radius 1 is 1.18 bits per heavy atom. The lowest BCUT2D eigenvalue weighted by atomic mass is 10.0. The van der Waals surface area contributed by atoms with Crippen LogP contribution in [0.15, 0.2) is 28.7 Å². The molecule has 1 heterocycles. The van der Waals surface area contributed by atoms with Crippen molar-refractivity contribution < 1.29 is 4.42 Å². The Kier molecular flexibility index (Phi) is 4.18. The molecule has 0 saturated carbocycles. The zero-order valence-corrected chi connectivity index (χ0v) is 10.8. The first kappa shape index (κ1) is 12.2. The van der Waals surface area contributed by atoms with Crippen LogP contribution in [0.3, 0.4) is 0 Å². The van der Waals surface area contributed by atoms with Crippen molar-refractivity contribution in [1.82, 2.24) is 4.98 Å². The molecule has 17 heavy (non-hydrogen) atoms. The number of unbranched alkanes of at least 4 members (excludes halogenated alkanes) is 3. The zero-order chi connectivity index (χ0) is 12.1. The van der Waals surface area contributed by atoms with E-state index in [1.165, 1.54) is 32.1 Å². The SMILES string of the molecule is CCCCCCC(C)c1nc2ccccc2o1. The highest BCUT2D eigenvalue weighted by Crippen LogP contribution is 2.25. The van der Waals surface area contributed by atoms with Gasteiger partial charge in [-0.05, 0) is 18.6 Å². The topological polar surface area (TPSA) is 26.0 Å². The van der Waals surface area contributed by atoms with E-state index in [2.05, 4.69) is 18.8 Å². The Bertz CT molecular complexity index is 428. The smallest absolute Gasteiger partial charge is 0.198 e. The predicted octanol–water partition coefficient (Wildman–Crippen LogP) is 4.90. The summed E-state index contributed by atoms with van der Waals surface area (Å²) >= 11 is 0. The van der Waals surface area contributed by atoms with Gasteiger partial charge >= 0.3 is 0 Å². The third-order valence-electron chi connectivity index (χ3n) is 3.22. The maximum Gasteiger partial charge on any atom is 0.198 e. The number of para-hydroxylation sites is 2.